The molecule has 0 heterocycles. The van der Waals surface area contributed by atoms with Gasteiger partial charge >= 0.3 is 11.9 Å². The van der Waals surface area contributed by atoms with Crippen LogP contribution in [0.25, 0.3) is 0 Å². The summed E-state index contributed by atoms with van der Waals surface area (Å²) in [4.78, 5) is 46.6. The lowest BCUT2D eigenvalue weighted by Crippen LogP contribution is -2.54. The second-order valence-corrected chi connectivity index (χ2v) is 6.43. The highest BCUT2D eigenvalue weighted by Crippen LogP contribution is 2.04. The van der Waals surface area contributed by atoms with Gasteiger partial charge in [-0.3, -0.25) is 19.8 Å². The molecule has 0 aliphatic carbocycles. The first-order chi connectivity index (χ1) is 13.6. The van der Waals surface area contributed by atoms with Crippen LogP contribution in [-0.4, -0.2) is 71.1 Å². The maximum atomic E-state index is 12.4. The second-order valence-electron chi connectivity index (χ2n) is 6.43. The number of hydrogen-bond donors (Lipinski definition) is 9. The number of carboxylic acid groups (broad SMARTS) is 2. The van der Waals surface area contributed by atoms with E-state index < -0.39 is 48.3 Å². The average Bonchev–Trinajstić information content (AvgIpc) is 2.62. The largest absolute Gasteiger partial charge is 0.481 e. The molecule has 0 aliphatic heterocycles. The van der Waals surface area contributed by atoms with E-state index in [4.69, 9.17) is 32.8 Å². The summed E-state index contributed by atoms with van der Waals surface area (Å²) in [6.07, 6.45) is 1.18. The Hall–Kier alpha value is -2.93. The fourth-order valence-corrected chi connectivity index (χ4v) is 2.36. The lowest BCUT2D eigenvalue weighted by molar-refractivity contribution is -0.147. The summed E-state index contributed by atoms with van der Waals surface area (Å²) in [5.74, 6) is -4.50. The Kier molecular flexibility index (Phi) is 12.7. The molecule has 29 heavy (non-hydrogen) atoms. The molecule has 0 saturated heterocycles. The Labute approximate surface area is 168 Å². The van der Waals surface area contributed by atoms with Gasteiger partial charge in [-0.15, -0.1) is 0 Å². The third-order valence-electron chi connectivity index (χ3n) is 3.92. The van der Waals surface area contributed by atoms with Gasteiger partial charge < -0.3 is 43.4 Å². The fourth-order valence-electron chi connectivity index (χ4n) is 2.36. The van der Waals surface area contributed by atoms with Crippen LogP contribution < -0.4 is 33.2 Å². The normalized spacial score (nSPS) is 13.6. The number of nitrogens with one attached hydrogen (secondary N) is 4. The molecule has 0 aliphatic rings. The molecule has 13 heteroatoms. The number of rotatable bonds is 15. The van der Waals surface area contributed by atoms with Crippen LogP contribution in [-0.2, 0) is 19.2 Å². The monoisotopic (exact) mass is 417 g/mol. The Morgan fingerprint density at radius 2 is 1.55 bits per heavy atom. The molecule has 0 bridgehead atoms. The number of aliphatic carboxylic acids is 2. The number of hydrogen-bond acceptors (Lipinski definition) is 7. The maximum absolute atomic E-state index is 12.4. The fraction of sp³-hybridized carbons (Fsp3) is 0.688. The van der Waals surface area contributed by atoms with Gasteiger partial charge in [0.2, 0.25) is 11.8 Å². The molecular weight excluding hydrogens is 386 g/mol. The minimum atomic E-state index is -1.62. The van der Waals surface area contributed by atoms with Crippen LogP contribution in [0.3, 0.4) is 0 Å². The van der Waals surface area contributed by atoms with Crippen LogP contribution in [0.1, 0.15) is 38.5 Å². The molecule has 3 atom stereocenters. The number of guanidine groups is 1. The Morgan fingerprint density at radius 1 is 0.931 bits per heavy atom. The van der Waals surface area contributed by atoms with Crippen LogP contribution in [0, 0.1) is 5.41 Å². The first kappa shape index (κ1) is 26.1. The number of amides is 2. The molecular formula is C16H31N7O6. The van der Waals surface area contributed by atoms with Gasteiger partial charge in [0.1, 0.15) is 12.1 Å². The maximum Gasteiger partial charge on any atom is 0.326 e. The first-order valence-corrected chi connectivity index (χ1v) is 9.17. The highest BCUT2D eigenvalue weighted by molar-refractivity contribution is 5.92. The minimum absolute atomic E-state index is 0.187. The Balaban J connectivity index is 4.89. The van der Waals surface area contributed by atoms with Crippen molar-refractivity contribution in [1.82, 2.24) is 16.0 Å². The topological polar surface area (TPSA) is 247 Å². The highest BCUT2D eigenvalue weighted by atomic mass is 16.4. The van der Waals surface area contributed by atoms with Crippen molar-refractivity contribution in [3.63, 3.8) is 0 Å². The van der Waals surface area contributed by atoms with Gasteiger partial charge in [-0.1, -0.05) is 0 Å². The van der Waals surface area contributed by atoms with Crippen molar-refractivity contribution in [2.24, 2.45) is 17.2 Å². The summed E-state index contributed by atoms with van der Waals surface area (Å²) in [6, 6.07) is -3.63. The average molecular weight is 417 g/mol. The lowest BCUT2D eigenvalue weighted by Gasteiger charge is -2.22. The quantitative estimate of drug-likeness (QED) is 0.0753. The van der Waals surface area contributed by atoms with Crippen LogP contribution in [0.4, 0.5) is 0 Å². The summed E-state index contributed by atoms with van der Waals surface area (Å²) >= 11 is 0. The van der Waals surface area contributed by atoms with Crippen LogP contribution in [0.5, 0.6) is 0 Å². The smallest absolute Gasteiger partial charge is 0.326 e. The molecule has 12 N–H and O–H groups in total. The number of unbranched alkanes of at least 4 members (excludes halogenated alkanes) is 1. The van der Waals surface area contributed by atoms with Crippen molar-refractivity contribution in [3.05, 3.63) is 0 Å². The van der Waals surface area contributed by atoms with Gasteiger partial charge in [0.25, 0.3) is 0 Å². The molecule has 166 valence electrons. The summed E-state index contributed by atoms with van der Waals surface area (Å²) in [5, 5.41) is 32.1. The molecule has 2 amide bonds. The molecule has 0 aromatic rings. The van der Waals surface area contributed by atoms with Gasteiger partial charge in [-0.25, -0.2) is 4.79 Å². The zero-order valence-corrected chi connectivity index (χ0v) is 16.1. The van der Waals surface area contributed by atoms with Crippen molar-refractivity contribution in [2.75, 3.05) is 13.1 Å². The predicted octanol–water partition coefficient (Wildman–Crippen LogP) is -2.77. The number of nitrogens with two attached hydrogens (primary N) is 3. The summed E-state index contributed by atoms with van der Waals surface area (Å²) < 4.78 is 0. The van der Waals surface area contributed by atoms with Gasteiger partial charge in [-0.2, -0.15) is 0 Å². The Bertz CT molecular complexity index is 586. The SMILES string of the molecule is N=C(N)NCCCC(N)C(=O)NC(CCCCN)C(=O)NC(CC(=O)O)C(=O)O. The highest BCUT2D eigenvalue weighted by Gasteiger charge is 2.28. The molecule has 0 aromatic heterocycles. The standard InChI is InChI=1S/C16H31N7O6/c17-6-2-1-5-10(14(27)23-11(15(28)29)8-12(24)25)22-13(26)9(18)4-3-7-21-16(19)20/h9-11H,1-8,17-18H2,(H,22,26)(H,23,27)(H,24,25)(H,28,29)(H4,19,20,21). The van der Waals surface area contributed by atoms with E-state index in [0.717, 1.165) is 0 Å². The van der Waals surface area contributed by atoms with Crippen molar-refractivity contribution in [1.29, 1.82) is 5.41 Å². The molecule has 0 radical (unpaired) electrons. The van der Waals surface area contributed by atoms with E-state index in [2.05, 4.69) is 16.0 Å². The number of carboxylic acids is 2. The molecule has 0 fully saturated rings. The van der Waals surface area contributed by atoms with Crippen molar-refractivity contribution in [2.45, 2.75) is 56.7 Å². The number of carbonyl (C=O) groups is 4. The zero-order chi connectivity index (χ0) is 22.4. The van der Waals surface area contributed by atoms with E-state index >= 15 is 0 Å². The van der Waals surface area contributed by atoms with Crippen molar-refractivity contribution < 1.29 is 29.4 Å². The van der Waals surface area contributed by atoms with Gasteiger partial charge in [0, 0.05) is 6.54 Å². The minimum Gasteiger partial charge on any atom is -0.481 e. The van der Waals surface area contributed by atoms with Crippen molar-refractivity contribution in [3.8, 4) is 0 Å². The predicted molar refractivity (Wildman–Crippen MR) is 104 cm³/mol. The molecule has 0 spiro atoms. The summed E-state index contributed by atoms with van der Waals surface area (Å²) in [5.41, 5.74) is 16.4. The van der Waals surface area contributed by atoms with E-state index in [1.165, 1.54) is 0 Å². The third-order valence-corrected chi connectivity index (χ3v) is 3.92. The molecule has 0 rings (SSSR count). The lowest BCUT2D eigenvalue weighted by atomic mass is 10.1. The summed E-state index contributed by atoms with van der Waals surface area (Å²) in [6.45, 7) is 0.730. The summed E-state index contributed by atoms with van der Waals surface area (Å²) in [7, 11) is 0. The van der Waals surface area contributed by atoms with Crippen LogP contribution >= 0.6 is 0 Å². The van der Waals surface area contributed by atoms with Crippen LogP contribution in [0.2, 0.25) is 0 Å². The van der Waals surface area contributed by atoms with E-state index in [1.54, 1.807) is 0 Å². The zero-order valence-electron chi connectivity index (χ0n) is 16.1. The molecule has 0 aromatic carbocycles. The first-order valence-electron chi connectivity index (χ1n) is 9.17. The third kappa shape index (κ3) is 12.2. The van der Waals surface area contributed by atoms with E-state index in [0.29, 0.717) is 32.4 Å². The van der Waals surface area contributed by atoms with Gasteiger partial charge in [0.15, 0.2) is 5.96 Å². The van der Waals surface area contributed by atoms with E-state index in [9.17, 15) is 19.2 Å². The van der Waals surface area contributed by atoms with E-state index in [1.807, 2.05) is 0 Å². The molecule has 13 nitrogen and oxygen atoms in total. The molecule has 3 unspecified atom stereocenters. The second kappa shape index (κ2) is 14.1. The Morgan fingerprint density at radius 3 is 2.07 bits per heavy atom. The molecule has 0 saturated carbocycles. The number of carbonyl (C=O) groups excluding carboxylic acids is 2. The van der Waals surface area contributed by atoms with E-state index in [-0.39, 0.29) is 18.8 Å². The van der Waals surface area contributed by atoms with Gasteiger partial charge in [0.05, 0.1) is 12.5 Å². The van der Waals surface area contributed by atoms with Gasteiger partial charge in [-0.05, 0) is 38.6 Å². The van der Waals surface area contributed by atoms with Crippen molar-refractivity contribution >= 4 is 29.7 Å². The van der Waals surface area contributed by atoms with Crippen LogP contribution in [0.15, 0.2) is 0 Å².